The first kappa shape index (κ1) is 12.1. The van der Waals surface area contributed by atoms with E-state index in [2.05, 4.69) is 24.9 Å². The van der Waals surface area contributed by atoms with Crippen LogP contribution in [0.3, 0.4) is 0 Å². The van der Waals surface area contributed by atoms with E-state index in [9.17, 15) is 0 Å². The number of pyridine rings is 1. The maximum Gasteiger partial charge on any atom is 0.181 e. The van der Waals surface area contributed by atoms with Crippen molar-refractivity contribution >= 4 is 22.9 Å². The van der Waals surface area contributed by atoms with Crippen molar-refractivity contribution in [1.29, 1.82) is 0 Å². The molecule has 3 aromatic heterocycles. The van der Waals surface area contributed by atoms with Crippen LogP contribution in [0.5, 0.6) is 0 Å². The first-order chi connectivity index (χ1) is 9.38. The summed E-state index contributed by atoms with van der Waals surface area (Å²) in [6.07, 6.45) is 6.67. The Bertz CT molecular complexity index is 668. The Balaban J connectivity index is 1.93. The Kier molecular flexibility index (Phi) is 3.39. The first-order valence-electron chi connectivity index (χ1n) is 5.79. The molecule has 96 valence electrons. The number of fused-ring (bicyclic) bond motifs is 1. The molecule has 3 rings (SSSR count). The molecule has 0 saturated heterocycles. The number of aromatic amines is 1. The molecule has 0 bridgehead atoms. The molecule has 0 aliphatic rings. The van der Waals surface area contributed by atoms with Crippen LogP contribution in [-0.4, -0.2) is 31.5 Å². The van der Waals surface area contributed by atoms with E-state index in [0.717, 1.165) is 16.1 Å². The lowest BCUT2D eigenvalue weighted by Gasteiger charge is -2.13. The van der Waals surface area contributed by atoms with Crippen LogP contribution in [0, 0.1) is 0 Å². The van der Waals surface area contributed by atoms with Gasteiger partial charge in [-0.2, -0.15) is 0 Å². The quantitative estimate of drug-likeness (QED) is 0.552. The summed E-state index contributed by atoms with van der Waals surface area (Å²) >= 11 is 1.60. The predicted molar refractivity (Wildman–Crippen MR) is 73.6 cm³/mol. The Morgan fingerprint density at radius 1 is 1.21 bits per heavy atom. The van der Waals surface area contributed by atoms with Crippen LogP contribution >= 0.6 is 11.8 Å². The molecule has 0 amide bonds. The van der Waals surface area contributed by atoms with Gasteiger partial charge in [-0.3, -0.25) is 4.98 Å². The maximum absolute atomic E-state index is 5.86. The number of hydrogen-bond acceptors (Lipinski definition) is 6. The summed E-state index contributed by atoms with van der Waals surface area (Å²) in [5, 5.41) is 0.985. The summed E-state index contributed by atoms with van der Waals surface area (Å²) in [5.41, 5.74) is 8.51. The topological polar surface area (TPSA) is 93.4 Å². The largest absolute Gasteiger partial charge is 0.341 e. The van der Waals surface area contributed by atoms with E-state index in [1.807, 2.05) is 12.1 Å². The summed E-state index contributed by atoms with van der Waals surface area (Å²) in [5.74, 6) is 0. The molecule has 19 heavy (non-hydrogen) atoms. The second-order valence-electron chi connectivity index (χ2n) is 3.90. The maximum atomic E-state index is 5.86. The van der Waals surface area contributed by atoms with E-state index >= 15 is 0 Å². The molecule has 0 aromatic carbocycles. The molecule has 0 spiro atoms. The second-order valence-corrected chi connectivity index (χ2v) is 5.09. The predicted octanol–water partition coefficient (Wildman–Crippen LogP) is 1.54. The number of thioether (sulfide) groups is 1. The molecule has 0 radical (unpaired) electrons. The number of imidazole rings is 1. The highest BCUT2D eigenvalue weighted by molar-refractivity contribution is 7.99. The van der Waals surface area contributed by atoms with Gasteiger partial charge in [-0.05, 0) is 17.7 Å². The van der Waals surface area contributed by atoms with Gasteiger partial charge in [0.25, 0.3) is 0 Å². The van der Waals surface area contributed by atoms with Crippen LogP contribution in [0.15, 0.2) is 42.2 Å². The summed E-state index contributed by atoms with van der Waals surface area (Å²) in [6.45, 7) is 0.522. The van der Waals surface area contributed by atoms with Crippen molar-refractivity contribution in [3.05, 3.63) is 42.7 Å². The third-order valence-electron chi connectivity index (χ3n) is 2.73. The number of H-pyrrole nitrogens is 1. The molecule has 1 atom stereocenters. The number of hydrogen-bond donors (Lipinski definition) is 2. The van der Waals surface area contributed by atoms with E-state index in [-0.39, 0.29) is 5.25 Å². The average Bonchev–Trinajstić information content (AvgIpc) is 2.95. The van der Waals surface area contributed by atoms with Crippen molar-refractivity contribution in [2.24, 2.45) is 5.73 Å². The standard InChI is InChI=1S/C12H12N6S/c13-5-9(8-1-3-14-4-2-8)19-12-10-11(16-6-15-10)17-7-18-12/h1-4,6-7,9H,5,13H2,(H,15,16,17,18). The molecule has 0 saturated carbocycles. The third-order valence-corrected chi connectivity index (χ3v) is 4.02. The highest BCUT2D eigenvalue weighted by atomic mass is 32.2. The summed E-state index contributed by atoms with van der Waals surface area (Å²) < 4.78 is 0. The Hall–Kier alpha value is -1.99. The average molecular weight is 272 g/mol. The Labute approximate surface area is 113 Å². The third kappa shape index (κ3) is 2.42. The van der Waals surface area contributed by atoms with E-state index in [1.165, 1.54) is 6.33 Å². The minimum Gasteiger partial charge on any atom is -0.341 e. The zero-order valence-corrected chi connectivity index (χ0v) is 10.8. The molecule has 3 N–H and O–H groups in total. The molecule has 0 fully saturated rings. The number of nitrogens with one attached hydrogen (secondary N) is 1. The molecule has 1 unspecified atom stereocenters. The van der Waals surface area contributed by atoms with E-state index in [1.54, 1.807) is 30.5 Å². The van der Waals surface area contributed by atoms with Gasteiger partial charge in [-0.25, -0.2) is 15.0 Å². The lowest BCUT2D eigenvalue weighted by atomic mass is 10.2. The van der Waals surface area contributed by atoms with Gasteiger partial charge in [0.15, 0.2) is 5.65 Å². The van der Waals surface area contributed by atoms with Gasteiger partial charge in [0.05, 0.1) is 6.33 Å². The Morgan fingerprint density at radius 3 is 2.84 bits per heavy atom. The normalized spacial score (nSPS) is 12.7. The van der Waals surface area contributed by atoms with Gasteiger partial charge in [-0.1, -0.05) is 11.8 Å². The van der Waals surface area contributed by atoms with Crippen LogP contribution in [0.25, 0.3) is 11.2 Å². The van der Waals surface area contributed by atoms with Gasteiger partial charge in [0.2, 0.25) is 0 Å². The zero-order chi connectivity index (χ0) is 13.1. The number of rotatable bonds is 4. The lowest BCUT2D eigenvalue weighted by molar-refractivity contribution is 0.930. The molecule has 0 aliphatic carbocycles. The molecule has 0 aliphatic heterocycles. The fourth-order valence-electron chi connectivity index (χ4n) is 1.80. The van der Waals surface area contributed by atoms with Gasteiger partial charge >= 0.3 is 0 Å². The van der Waals surface area contributed by atoms with E-state index < -0.39 is 0 Å². The fraction of sp³-hybridized carbons (Fsp3) is 0.167. The van der Waals surface area contributed by atoms with Crippen LogP contribution in [0.2, 0.25) is 0 Å². The summed E-state index contributed by atoms with van der Waals surface area (Å²) in [4.78, 5) is 19.6. The van der Waals surface area contributed by atoms with E-state index in [0.29, 0.717) is 12.2 Å². The summed E-state index contributed by atoms with van der Waals surface area (Å²) in [7, 11) is 0. The molecular weight excluding hydrogens is 260 g/mol. The molecule has 6 nitrogen and oxygen atoms in total. The van der Waals surface area contributed by atoms with Crippen LogP contribution in [-0.2, 0) is 0 Å². The minimum absolute atomic E-state index is 0.129. The van der Waals surface area contributed by atoms with Gasteiger partial charge in [-0.15, -0.1) is 0 Å². The van der Waals surface area contributed by atoms with Crippen LogP contribution in [0.4, 0.5) is 0 Å². The monoisotopic (exact) mass is 272 g/mol. The Morgan fingerprint density at radius 2 is 2.05 bits per heavy atom. The van der Waals surface area contributed by atoms with Gasteiger partial charge < -0.3 is 10.7 Å². The van der Waals surface area contributed by atoms with Crippen molar-refractivity contribution in [2.45, 2.75) is 10.3 Å². The van der Waals surface area contributed by atoms with Crippen molar-refractivity contribution in [3.63, 3.8) is 0 Å². The lowest BCUT2D eigenvalue weighted by Crippen LogP contribution is -2.09. The molecular formula is C12H12N6S. The van der Waals surface area contributed by atoms with Crippen molar-refractivity contribution in [2.75, 3.05) is 6.54 Å². The molecule has 3 heterocycles. The molecule has 3 aromatic rings. The SMILES string of the molecule is NCC(Sc1ncnc2nc[nH]c12)c1ccncc1. The highest BCUT2D eigenvalue weighted by Gasteiger charge is 2.15. The number of aromatic nitrogens is 5. The van der Waals surface area contributed by atoms with Gasteiger partial charge in [0, 0.05) is 24.2 Å². The van der Waals surface area contributed by atoms with Crippen LogP contribution in [0.1, 0.15) is 10.8 Å². The van der Waals surface area contributed by atoms with Crippen molar-refractivity contribution in [1.82, 2.24) is 24.9 Å². The smallest absolute Gasteiger partial charge is 0.181 e. The summed E-state index contributed by atoms with van der Waals surface area (Å²) in [6, 6.07) is 3.94. The zero-order valence-electron chi connectivity index (χ0n) is 10.0. The van der Waals surface area contributed by atoms with Crippen molar-refractivity contribution < 1.29 is 0 Å². The fourth-order valence-corrected chi connectivity index (χ4v) is 2.83. The first-order valence-corrected chi connectivity index (χ1v) is 6.67. The number of nitrogens with two attached hydrogens (primary N) is 1. The van der Waals surface area contributed by atoms with Crippen LogP contribution < -0.4 is 5.73 Å². The second kappa shape index (κ2) is 5.33. The highest BCUT2D eigenvalue weighted by Crippen LogP contribution is 2.35. The minimum atomic E-state index is 0.129. The van der Waals surface area contributed by atoms with E-state index in [4.69, 9.17) is 5.73 Å². The number of nitrogens with zero attached hydrogens (tertiary/aromatic N) is 4. The van der Waals surface area contributed by atoms with Crippen molar-refractivity contribution in [3.8, 4) is 0 Å². The van der Waals surface area contributed by atoms with Gasteiger partial charge in [0.1, 0.15) is 16.9 Å². The molecule has 7 heteroatoms.